The zero-order valence-corrected chi connectivity index (χ0v) is 20.6. The van der Waals surface area contributed by atoms with E-state index in [2.05, 4.69) is 20.8 Å². The van der Waals surface area contributed by atoms with Crippen molar-refractivity contribution >= 4 is 40.1 Å². The highest BCUT2D eigenvalue weighted by Crippen LogP contribution is 2.42. The van der Waals surface area contributed by atoms with E-state index in [4.69, 9.17) is 5.84 Å². The van der Waals surface area contributed by atoms with Gasteiger partial charge in [0.05, 0.1) is 16.8 Å². The zero-order valence-electron chi connectivity index (χ0n) is 20.6. The lowest BCUT2D eigenvalue weighted by atomic mass is 9.80. The van der Waals surface area contributed by atoms with E-state index in [1.165, 1.54) is 17.0 Å². The van der Waals surface area contributed by atoms with Gasteiger partial charge in [-0.25, -0.2) is 15.8 Å². The van der Waals surface area contributed by atoms with E-state index in [1.54, 1.807) is 12.1 Å². The van der Waals surface area contributed by atoms with E-state index in [0.29, 0.717) is 21.5 Å². The van der Waals surface area contributed by atoms with E-state index in [9.17, 15) is 19.2 Å². The Bertz CT molecular complexity index is 1430. The highest BCUT2D eigenvalue weighted by molar-refractivity contribution is 6.39. The first-order valence-electron chi connectivity index (χ1n) is 11.5. The van der Waals surface area contributed by atoms with Crippen LogP contribution in [0.2, 0.25) is 0 Å². The maximum atomic E-state index is 13.9. The van der Waals surface area contributed by atoms with Crippen LogP contribution in [0.1, 0.15) is 94.1 Å². The van der Waals surface area contributed by atoms with Crippen LogP contribution < -0.4 is 10.7 Å². The van der Waals surface area contributed by atoms with Crippen LogP contribution in [-0.2, 0) is 10.8 Å². The topological polar surface area (TPSA) is 101 Å². The van der Waals surface area contributed by atoms with Crippen molar-refractivity contribution < 1.29 is 19.2 Å². The Balaban J connectivity index is 1.80. The Morgan fingerprint density at radius 1 is 0.600 bits per heavy atom. The Morgan fingerprint density at radius 2 is 1.03 bits per heavy atom. The number of anilines is 1. The molecule has 0 unspecified atom stereocenters. The van der Waals surface area contributed by atoms with Crippen molar-refractivity contribution in [3.63, 3.8) is 0 Å². The van der Waals surface area contributed by atoms with Crippen LogP contribution in [0.3, 0.4) is 0 Å². The summed E-state index contributed by atoms with van der Waals surface area (Å²) >= 11 is 0. The van der Waals surface area contributed by atoms with Gasteiger partial charge in [0, 0.05) is 21.9 Å². The highest BCUT2D eigenvalue weighted by atomic mass is 16.2. The first-order chi connectivity index (χ1) is 16.2. The molecule has 7 heteroatoms. The number of rotatable bonds is 1. The molecule has 0 radical (unpaired) electrons. The lowest BCUT2D eigenvalue weighted by Gasteiger charge is -2.34. The number of hydrogen-bond acceptors (Lipinski definition) is 5. The minimum Gasteiger partial charge on any atom is -0.268 e. The van der Waals surface area contributed by atoms with Gasteiger partial charge in [-0.1, -0.05) is 53.7 Å². The van der Waals surface area contributed by atoms with Gasteiger partial charge < -0.3 is 0 Å². The van der Waals surface area contributed by atoms with E-state index in [0.717, 1.165) is 11.1 Å². The van der Waals surface area contributed by atoms with Crippen molar-refractivity contribution in [2.45, 2.75) is 52.4 Å². The first kappa shape index (κ1) is 22.9. The predicted molar refractivity (Wildman–Crippen MR) is 134 cm³/mol. The fourth-order valence-electron chi connectivity index (χ4n) is 4.93. The first-order valence-corrected chi connectivity index (χ1v) is 11.5. The lowest BCUT2D eigenvalue weighted by molar-refractivity contribution is 0.0608. The minimum atomic E-state index is -0.665. The second-order valence-electron chi connectivity index (χ2n) is 11.2. The van der Waals surface area contributed by atoms with Crippen LogP contribution >= 0.6 is 0 Å². The van der Waals surface area contributed by atoms with Crippen LogP contribution in [0.4, 0.5) is 5.69 Å². The standard InChI is InChI=1S/C28H27N3O4/c1-27(2,3)14-7-12-19(28(4,5)6)20(13-14)30-23(32)15-8-10-17-22-18(26(35)31(29)25(17)34)11-9-16(21(15)22)24(30)33/h7-13H,29H2,1-6H3. The molecule has 35 heavy (non-hydrogen) atoms. The smallest absolute Gasteiger partial charge is 0.268 e. The van der Waals surface area contributed by atoms with Crippen LogP contribution in [0.15, 0.2) is 42.5 Å². The van der Waals surface area contributed by atoms with Crippen molar-refractivity contribution in [2.24, 2.45) is 5.84 Å². The van der Waals surface area contributed by atoms with Crippen LogP contribution in [0.5, 0.6) is 0 Å². The minimum absolute atomic E-state index is 0.194. The third-order valence-electron chi connectivity index (χ3n) is 6.84. The average Bonchev–Trinajstić information content (AvgIpc) is 2.78. The van der Waals surface area contributed by atoms with Gasteiger partial charge in [0.25, 0.3) is 23.6 Å². The molecule has 0 aromatic heterocycles. The number of hydrogen-bond donors (Lipinski definition) is 1. The summed E-state index contributed by atoms with van der Waals surface area (Å²) < 4.78 is 0. The van der Waals surface area contributed by atoms with Gasteiger partial charge in [0.2, 0.25) is 0 Å². The van der Waals surface area contributed by atoms with Crippen LogP contribution in [-0.4, -0.2) is 28.6 Å². The average molecular weight is 470 g/mol. The quantitative estimate of drug-likeness (QED) is 0.316. The van der Waals surface area contributed by atoms with Gasteiger partial charge in [-0.15, -0.1) is 0 Å². The molecule has 0 aliphatic carbocycles. The lowest BCUT2D eigenvalue weighted by Crippen LogP contribution is -2.46. The summed E-state index contributed by atoms with van der Waals surface area (Å²) in [5.41, 5.74) is 2.81. The van der Waals surface area contributed by atoms with Crippen molar-refractivity contribution in [3.05, 3.63) is 75.8 Å². The fraction of sp³-hybridized carbons (Fsp3) is 0.286. The molecule has 2 heterocycles. The van der Waals surface area contributed by atoms with E-state index < -0.39 is 23.6 Å². The van der Waals surface area contributed by atoms with Crippen molar-refractivity contribution in [1.29, 1.82) is 0 Å². The molecule has 2 aliphatic rings. The molecule has 0 fully saturated rings. The van der Waals surface area contributed by atoms with E-state index >= 15 is 0 Å². The van der Waals surface area contributed by atoms with Gasteiger partial charge >= 0.3 is 0 Å². The van der Waals surface area contributed by atoms with Crippen molar-refractivity contribution in [3.8, 4) is 0 Å². The number of amides is 4. The fourth-order valence-corrected chi connectivity index (χ4v) is 4.93. The number of nitrogens with two attached hydrogens (primary N) is 1. The second kappa shape index (κ2) is 7.09. The monoisotopic (exact) mass is 469 g/mol. The highest BCUT2D eigenvalue weighted by Gasteiger charge is 2.41. The number of carbonyl (C=O) groups is 4. The molecule has 3 aromatic carbocycles. The molecule has 0 spiro atoms. The normalized spacial score (nSPS) is 16.0. The molecule has 5 rings (SSSR count). The number of carbonyl (C=O) groups excluding carboxylic acids is 4. The maximum Gasteiger partial charge on any atom is 0.275 e. The molecule has 4 amide bonds. The second-order valence-corrected chi connectivity index (χ2v) is 11.2. The van der Waals surface area contributed by atoms with E-state index in [1.807, 2.05) is 39.0 Å². The third kappa shape index (κ3) is 3.15. The summed E-state index contributed by atoms with van der Waals surface area (Å²) in [6.07, 6.45) is 0. The SMILES string of the molecule is CC(C)(C)c1ccc(C(C)(C)C)c(N2C(=O)c3ccc4c5c(ccc(c35)C2=O)C(=O)N(N)C4=O)c1. The number of imide groups is 2. The van der Waals surface area contributed by atoms with Gasteiger partial charge in [0.15, 0.2) is 0 Å². The summed E-state index contributed by atoms with van der Waals surface area (Å²) in [6, 6.07) is 12.0. The number of hydrazine groups is 1. The Morgan fingerprint density at radius 3 is 1.43 bits per heavy atom. The molecule has 178 valence electrons. The molecule has 7 nitrogen and oxygen atoms in total. The van der Waals surface area contributed by atoms with Crippen molar-refractivity contribution in [1.82, 2.24) is 5.01 Å². The molecule has 0 atom stereocenters. The molecule has 0 saturated carbocycles. The zero-order chi connectivity index (χ0) is 25.6. The summed E-state index contributed by atoms with van der Waals surface area (Å²) in [5, 5.41) is 1.19. The van der Waals surface area contributed by atoms with Crippen LogP contribution in [0, 0.1) is 0 Å². The summed E-state index contributed by atoms with van der Waals surface area (Å²) in [5.74, 6) is 3.38. The summed E-state index contributed by atoms with van der Waals surface area (Å²) in [6.45, 7) is 12.3. The Hall–Kier alpha value is -3.84. The molecule has 3 aromatic rings. The molecule has 2 aliphatic heterocycles. The maximum absolute atomic E-state index is 13.9. The largest absolute Gasteiger partial charge is 0.275 e. The van der Waals surface area contributed by atoms with E-state index in [-0.39, 0.29) is 33.1 Å². The van der Waals surface area contributed by atoms with Crippen LogP contribution in [0.25, 0.3) is 10.8 Å². The number of benzene rings is 3. The Kier molecular flexibility index (Phi) is 4.64. The molecule has 0 bridgehead atoms. The molecular weight excluding hydrogens is 442 g/mol. The van der Waals surface area contributed by atoms with Gasteiger partial charge in [-0.2, -0.15) is 0 Å². The summed E-state index contributed by atoms with van der Waals surface area (Å²) in [7, 11) is 0. The molecule has 0 saturated heterocycles. The molecular formula is C28H27N3O4. The Labute approximate surface area is 203 Å². The van der Waals surface area contributed by atoms with Crippen molar-refractivity contribution in [2.75, 3.05) is 4.90 Å². The summed E-state index contributed by atoms with van der Waals surface area (Å²) in [4.78, 5) is 54.4. The molecule has 2 N–H and O–H groups in total. The third-order valence-corrected chi connectivity index (χ3v) is 6.84. The van der Waals surface area contributed by atoms with Gasteiger partial charge in [0.1, 0.15) is 0 Å². The predicted octanol–water partition coefficient (Wildman–Crippen LogP) is 4.71. The number of nitrogens with zero attached hydrogens (tertiary/aromatic N) is 2. The van der Waals surface area contributed by atoms with Gasteiger partial charge in [-0.3, -0.25) is 19.2 Å². The van der Waals surface area contributed by atoms with Gasteiger partial charge in [-0.05, 0) is 52.3 Å².